The molecule has 7 heteroatoms. The van der Waals surface area contributed by atoms with Gasteiger partial charge in [-0.3, -0.25) is 0 Å². The maximum absolute atomic E-state index is 12.3. The Hall–Kier alpha value is -2.02. The van der Waals surface area contributed by atoms with Crippen LogP contribution < -0.4 is 10.1 Å². The third-order valence-corrected chi connectivity index (χ3v) is 2.88. The average molecular weight is 299 g/mol. The van der Waals surface area contributed by atoms with Gasteiger partial charge in [0, 0.05) is 37.1 Å². The lowest BCUT2D eigenvalue weighted by atomic mass is 10.2. The smallest absolute Gasteiger partial charge is 0.405 e. The van der Waals surface area contributed by atoms with Crippen LogP contribution in [0.25, 0.3) is 0 Å². The number of hydrogen-bond donors (Lipinski definition) is 1. The van der Waals surface area contributed by atoms with E-state index >= 15 is 0 Å². The van der Waals surface area contributed by atoms with Crippen LogP contribution in [0, 0.1) is 0 Å². The lowest BCUT2D eigenvalue weighted by Crippen LogP contribution is -2.30. The van der Waals surface area contributed by atoms with Gasteiger partial charge in [0.1, 0.15) is 5.75 Å². The predicted molar refractivity (Wildman–Crippen MR) is 71.7 cm³/mol. The molecule has 0 amide bonds. The van der Waals surface area contributed by atoms with Gasteiger partial charge in [0.05, 0.1) is 6.33 Å². The number of nitrogens with one attached hydrogen (secondary N) is 1. The van der Waals surface area contributed by atoms with Crippen molar-refractivity contribution in [2.75, 3.05) is 0 Å². The van der Waals surface area contributed by atoms with E-state index in [4.69, 9.17) is 0 Å². The van der Waals surface area contributed by atoms with Gasteiger partial charge >= 0.3 is 6.36 Å². The molecular weight excluding hydrogens is 283 g/mol. The Morgan fingerprint density at radius 1 is 1.33 bits per heavy atom. The highest BCUT2D eigenvalue weighted by molar-refractivity contribution is 5.33. The normalized spacial score (nSPS) is 13.1. The summed E-state index contributed by atoms with van der Waals surface area (Å²) >= 11 is 0. The number of para-hydroxylation sites is 1. The number of hydrogen-bond acceptors (Lipinski definition) is 3. The zero-order valence-corrected chi connectivity index (χ0v) is 11.5. The second kappa shape index (κ2) is 6.62. The minimum atomic E-state index is -4.68. The van der Waals surface area contributed by atoms with E-state index in [2.05, 4.69) is 15.0 Å². The lowest BCUT2D eigenvalue weighted by Gasteiger charge is -2.17. The zero-order valence-electron chi connectivity index (χ0n) is 11.5. The van der Waals surface area contributed by atoms with Crippen molar-refractivity contribution >= 4 is 0 Å². The molecule has 0 aliphatic carbocycles. The first-order valence-electron chi connectivity index (χ1n) is 6.47. The van der Waals surface area contributed by atoms with Crippen molar-refractivity contribution in [1.82, 2.24) is 14.9 Å². The molecule has 0 saturated heterocycles. The summed E-state index contributed by atoms with van der Waals surface area (Å²) < 4.78 is 42.9. The molecule has 1 atom stereocenters. The molecular formula is C14H16F3N3O. The molecule has 1 aromatic carbocycles. The number of benzene rings is 1. The molecule has 0 spiro atoms. The molecule has 1 heterocycles. The van der Waals surface area contributed by atoms with Gasteiger partial charge in [-0.05, 0) is 13.0 Å². The van der Waals surface area contributed by atoms with Gasteiger partial charge in [0.25, 0.3) is 0 Å². The van der Waals surface area contributed by atoms with Crippen molar-refractivity contribution in [3.05, 3.63) is 48.5 Å². The Kier molecular flexibility index (Phi) is 4.85. The maximum atomic E-state index is 12.3. The molecule has 114 valence electrons. The van der Waals surface area contributed by atoms with Gasteiger partial charge in [-0.25, -0.2) is 4.98 Å². The molecule has 0 fully saturated rings. The average Bonchev–Trinajstić information content (AvgIpc) is 2.89. The quantitative estimate of drug-likeness (QED) is 0.891. The first kappa shape index (κ1) is 15.4. The lowest BCUT2D eigenvalue weighted by molar-refractivity contribution is -0.274. The van der Waals surface area contributed by atoms with Crippen LogP contribution in [0.4, 0.5) is 13.2 Å². The van der Waals surface area contributed by atoms with Gasteiger partial charge in [-0.15, -0.1) is 13.2 Å². The second-order valence-electron chi connectivity index (χ2n) is 4.70. The van der Waals surface area contributed by atoms with Crippen LogP contribution >= 0.6 is 0 Å². The third kappa shape index (κ3) is 5.11. The van der Waals surface area contributed by atoms with Crippen LogP contribution in [0.3, 0.4) is 0 Å². The molecule has 0 saturated carbocycles. The Bertz CT molecular complexity index is 555. The molecule has 2 aromatic rings. The fourth-order valence-electron chi connectivity index (χ4n) is 1.93. The summed E-state index contributed by atoms with van der Waals surface area (Å²) in [7, 11) is 0. The number of aromatic nitrogens is 2. The molecule has 1 aromatic heterocycles. The molecule has 1 N–H and O–H groups in total. The first-order chi connectivity index (χ1) is 9.94. The number of halogens is 3. The molecule has 4 nitrogen and oxygen atoms in total. The summed E-state index contributed by atoms with van der Waals surface area (Å²) in [6, 6.07) is 6.20. The number of alkyl halides is 3. The number of imidazole rings is 1. The Labute approximate surface area is 120 Å². The van der Waals surface area contributed by atoms with Crippen LogP contribution in [-0.2, 0) is 13.1 Å². The zero-order chi connectivity index (χ0) is 15.3. The van der Waals surface area contributed by atoms with Crippen LogP contribution in [0.5, 0.6) is 5.75 Å². The van der Waals surface area contributed by atoms with E-state index in [0.29, 0.717) is 18.7 Å². The Morgan fingerprint density at radius 3 is 2.76 bits per heavy atom. The minimum Gasteiger partial charge on any atom is -0.405 e. The largest absolute Gasteiger partial charge is 0.573 e. The highest BCUT2D eigenvalue weighted by Crippen LogP contribution is 2.26. The van der Waals surface area contributed by atoms with Gasteiger partial charge < -0.3 is 14.6 Å². The van der Waals surface area contributed by atoms with Crippen LogP contribution in [0.2, 0.25) is 0 Å². The molecule has 1 unspecified atom stereocenters. The molecule has 0 radical (unpaired) electrons. The van der Waals surface area contributed by atoms with E-state index in [1.54, 1.807) is 24.7 Å². The molecule has 0 aliphatic heterocycles. The van der Waals surface area contributed by atoms with Crippen molar-refractivity contribution in [3.8, 4) is 5.75 Å². The molecule has 2 rings (SSSR count). The molecule has 0 bridgehead atoms. The highest BCUT2D eigenvalue weighted by atomic mass is 19.4. The van der Waals surface area contributed by atoms with E-state index in [1.165, 1.54) is 12.1 Å². The van der Waals surface area contributed by atoms with Gasteiger partial charge in [0.15, 0.2) is 0 Å². The van der Waals surface area contributed by atoms with Crippen molar-refractivity contribution in [2.45, 2.75) is 32.4 Å². The Balaban J connectivity index is 1.93. The maximum Gasteiger partial charge on any atom is 0.573 e. The van der Waals surface area contributed by atoms with Gasteiger partial charge in [-0.1, -0.05) is 18.2 Å². The standard InChI is InChI=1S/C14H16F3N3O/c1-11(9-20-7-6-18-10-20)19-8-12-4-2-3-5-13(12)21-14(15,16)17/h2-7,10-11,19H,8-9H2,1H3. The van der Waals surface area contributed by atoms with E-state index < -0.39 is 6.36 Å². The summed E-state index contributed by atoms with van der Waals surface area (Å²) in [5.41, 5.74) is 0.465. The monoisotopic (exact) mass is 299 g/mol. The van der Waals surface area contributed by atoms with Crippen molar-refractivity contribution < 1.29 is 17.9 Å². The van der Waals surface area contributed by atoms with Crippen LogP contribution in [0.1, 0.15) is 12.5 Å². The highest BCUT2D eigenvalue weighted by Gasteiger charge is 2.31. The first-order valence-corrected chi connectivity index (χ1v) is 6.47. The summed E-state index contributed by atoms with van der Waals surface area (Å²) in [6.45, 7) is 2.93. The number of ether oxygens (including phenoxy) is 1. The summed E-state index contributed by atoms with van der Waals surface area (Å²) in [5, 5.41) is 3.17. The summed E-state index contributed by atoms with van der Waals surface area (Å²) in [4.78, 5) is 3.94. The summed E-state index contributed by atoms with van der Waals surface area (Å²) in [5.74, 6) is -0.174. The fourth-order valence-corrected chi connectivity index (χ4v) is 1.93. The van der Waals surface area contributed by atoms with Gasteiger partial charge in [0.2, 0.25) is 0 Å². The van der Waals surface area contributed by atoms with E-state index in [0.717, 1.165) is 0 Å². The van der Waals surface area contributed by atoms with Crippen LogP contribution in [0.15, 0.2) is 43.0 Å². The van der Waals surface area contributed by atoms with Gasteiger partial charge in [-0.2, -0.15) is 0 Å². The molecule has 0 aliphatic rings. The topological polar surface area (TPSA) is 39.1 Å². The minimum absolute atomic E-state index is 0.0816. The fraction of sp³-hybridized carbons (Fsp3) is 0.357. The van der Waals surface area contributed by atoms with Crippen molar-refractivity contribution in [3.63, 3.8) is 0 Å². The van der Waals surface area contributed by atoms with Crippen molar-refractivity contribution in [2.24, 2.45) is 0 Å². The summed E-state index contributed by atoms with van der Waals surface area (Å²) in [6.07, 6.45) is 0.523. The van der Waals surface area contributed by atoms with Crippen LogP contribution in [-0.4, -0.2) is 22.0 Å². The van der Waals surface area contributed by atoms with E-state index in [9.17, 15) is 13.2 Å². The SMILES string of the molecule is CC(Cn1ccnc1)NCc1ccccc1OC(F)(F)F. The second-order valence-corrected chi connectivity index (χ2v) is 4.70. The van der Waals surface area contributed by atoms with Crippen molar-refractivity contribution in [1.29, 1.82) is 0 Å². The third-order valence-electron chi connectivity index (χ3n) is 2.88. The van der Waals surface area contributed by atoms with E-state index in [-0.39, 0.29) is 11.8 Å². The van der Waals surface area contributed by atoms with E-state index in [1.807, 2.05) is 17.7 Å². The number of rotatable bonds is 6. The molecule has 21 heavy (non-hydrogen) atoms. The number of nitrogens with zero attached hydrogens (tertiary/aromatic N) is 2. The predicted octanol–water partition coefficient (Wildman–Crippen LogP) is 2.96. The Morgan fingerprint density at radius 2 is 2.10 bits per heavy atom.